The summed E-state index contributed by atoms with van der Waals surface area (Å²) in [6.07, 6.45) is 0. The summed E-state index contributed by atoms with van der Waals surface area (Å²) in [5.74, 6) is 0.319. The van der Waals surface area contributed by atoms with Crippen LogP contribution in [-0.4, -0.2) is 12.2 Å². The fraction of sp³-hybridized carbons (Fsp3) is 0.250. The average molecular weight is 218 g/mol. The number of nitrogens with one attached hydrogen (secondary N) is 1. The number of benzene rings is 1. The summed E-state index contributed by atoms with van der Waals surface area (Å²) >= 11 is 0. The third-order valence-corrected chi connectivity index (χ3v) is 1.32. The zero-order valence-electron chi connectivity index (χ0n) is 6.37. The fourth-order valence-electron chi connectivity index (χ4n) is 0.818. The topological polar surface area (TPSA) is 32.3 Å². The summed E-state index contributed by atoms with van der Waals surface area (Å²) in [5.41, 5.74) is 1.18. The van der Waals surface area contributed by atoms with Crippen LogP contribution in [0.1, 0.15) is 5.56 Å². The smallest absolute Gasteiger partial charge is 0.115 e. The van der Waals surface area contributed by atoms with Gasteiger partial charge in [-0.05, 0) is 24.7 Å². The number of hydrogen-bond donors (Lipinski definition) is 2. The molecule has 0 aromatic heterocycles. The molecule has 0 aliphatic carbocycles. The average Bonchev–Trinajstić information content (AvgIpc) is 1.95. The zero-order valence-corrected chi connectivity index (χ0v) is 8.09. The highest BCUT2D eigenvalue weighted by Gasteiger charge is 1.88. The van der Waals surface area contributed by atoms with Crippen LogP contribution in [-0.2, 0) is 6.54 Å². The van der Waals surface area contributed by atoms with Crippen LogP contribution in [0.5, 0.6) is 5.75 Å². The minimum absolute atomic E-state index is 0. The van der Waals surface area contributed by atoms with E-state index in [-0.39, 0.29) is 17.0 Å². The number of phenolic OH excluding ortho intramolecular Hbond substituents is 1. The van der Waals surface area contributed by atoms with E-state index >= 15 is 0 Å². The van der Waals surface area contributed by atoms with E-state index in [0.717, 1.165) is 6.54 Å². The predicted octanol–water partition coefficient (Wildman–Crippen LogP) is 1.69. The fourth-order valence-corrected chi connectivity index (χ4v) is 0.818. The van der Waals surface area contributed by atoms with Gasteiger partial charge in [-0.2, -0.15) is 0 Å². The molecule has 1 aromatic rings. The maximum atomic E-state index is 8.90. The van der Waals surface area contributed by atoms with E-state index in [9.17, 15) is 0 Å². The maximum Gasteiger partial charge on any atom is 0.115 e. The molecule has 2 nitrogen and oxygen atoms in total. The van der Waals surface area contributed by atoms with Crippen LogP contribution in [0, 0.1) is 0 Å². The lowest BCUT2D eigenvalue weighted by Crippen LogP contribution is -2.04. The van der Waals surface area contributed by atoms with Crippen molar-refractivity contribution in [2.75, 3.05) is 7.05 Å². The van der Waals surface area contributed by atoms with Gasteiger partial charge < -0.3 is 10.4 Å². The molecule has 0 fully saturated rings. The zero-order chi connectivity index (χ0) is 7.40. The first-order valence-electron chi connectivity index (χ1n) is 3.25. The van der Waals surface area contributed by atoms with Crippen molar-refractivity contribution in [3.8, 4) is 5.75 Å². The molecule has 0 heterocycles. The Balaban J connectivity index is 0.000001000. The highest BCUT2D eigenvalue weighted by atomic mass is 79.9. The van der Waals surface area contributed by atoms with Crippen molar-refractivity contribution in [2.45, 2.75) is 6.54 Å². The molecular formula is C8H12BrNO. The molecule has 2 N–H and O–H groups in total. The van der Waals surface area contributed by atoms with Gasteiger partial charge in [-0.3, -0.25) is 0 Å². The molecule has 0 amide bonds. The van der Waals surface area contributed by atoms with E-state index < -0.39 is 0 Å². The first-order valence-corrected chi connectivity index (χ1v) is 3.25. The Bertz CT molecular complexity index is 198. The Morgan fingerprint density at radius 3 is 2.27 bits per heavy atom. The quantitative estimate of drug-likeness (QED) is 0.791. The minimum Gasteiger partial charge on any atom is -0.508 e. The Morgan fingerprint density at radius 2 is 1.82 bits per heavy atom. The van der Waals surface area contributed by atoms with Gasteiger partial charge in [-0.15, -0.1) is 17.0 Å². The normalized spacial score (nSPS) is 8.82. The van der Waals surface area contributed by atoms with Gasteiger partial charge in [-0.1, -0.05) is 12.1 Å². The molecular weight excluding hydrogens is 206 g/mol. The lowest BCUT2D eigenvalue weighted by Gasteiger charge is -1.98. The lowest BCUT2D eigenvalue weighted by atomic mass is 10.2. The van der Waals surface area contributed by atoms with Crippen molar-refractivity contribution in [3.63, 3.8) is 0 Å². The molecule has 0 aliphatic heterocycles. The molecule has 0 spiro atoms. The van der Waals surface area contributed by atoms with E-state index in [1.54, 1.807) is 12.1 Å². The van der Waals surface area contributed by atoms with Crippen LogP contribution >= 0.6 is 17.0 Å². The van der Waals surface area contributed by atoms with E-state index in [1.165, 1.54) is 5.56 Å². The van der Waals surface area contributed by atoms with Gasteiger partial charge in [0.1, 0.15) is 5.75 Å². The molecule has 0 bridgehead atoms. The first-order chi connectivity index (χ1) is 4.83. The van der Waals surface area contributed by atoms with Crippen LogP contribution in [0.25, 0.3) is 0 Å². The van der Waals surface area contributed by atoms with Gasteiger partial charge >= 0.3 is 0 Å². The van der Waals surface area contributed by atoms with E-state index in [2.05, 4.69) is 5.32 Å². The first kappa shape index (κ1) is 10.5. The number of phenols is 1. The highest BCUT2D eigenvalue weighted by Crippen LogP contribution is 2.08. The Hall–Kier alpha value is -0.540. The monoisotopic (exact) mass is 217 g/mol. The molecule has 62 valence electrons. The number of aromatic hydroxyl groups is 1. The molecule has 0 radical (unpaired) electrons. The van der Waals surface area contributed by atoms with E-state index in [1.807, 2.05) is 19.2 Å². The van der Waals surface area contributed by atoms with Gasteiger partial charge in [0.05, 0.1) is 0 Å². The largest absolute Gasteiger partial charge is 0.508 e. The summed E-state index contributed by atoms with van der Waals surface area (Å²) in [4.78, 5) is 0. The molecule has 0 saturated heterocycles. The predicted molar refractivity (Wildman–Crippen MR) is 51.2 cm³/mol. The summed E-state index contributed by atoms with van der Waals surface area (Å²) in [6, 6.07) is 7.16. The van der Waals surface area contributed by atoms with Crippen LogP contribution < -0.4 is 5.32 Å². The lowest BCUT2D eigenvalue weighted by molar-refractivity contribution is 0.475. The van der Waals surface area contributed by atoms with Crippen LogP contribution in [0.15, 0.2) is 24.3 Å². The Kier molecular flexibility index (Phi) is 4.90. The minimum atomic E-state index is 0. The molecule has 3 heteroatoms. The molecule has 0 aliphatic rings. The SMILES string of the molecule is Br.CNCc1ccc(O)cc1. The highest BCUT2D eigenvalue weighted by molar-refractivity contribution is 8.93. The third kappa shape index (κ3) is 3.39. The third-order valence-electron chi connectivity index (χ3n) is 1.32. The summed E-state index contributed by atoms with van der Waals surface area (Å²) in [6.45, 7) is 0.847. The molecule has 0 atom stereocenters. The molecule has 0 unspecified atom stereocenters. The molecule has 0 saturated carbocycles. The second kappa shape index (κ2) is 5.16. The van der Waals surface area contributed by atoms with Gasteiger partial charge in [0.25, 0.3) is 0 Å². The second-order valence-electron chi connectivity index (χ2n) is 2.20. The Morgan fingerprint density at radius 1 is 1.27 bits per heavy atom. The van der Waals surface area contributed by atoms with Gasteiger partial charge in [0.2, 0.25) is 0 Å². The van der Waals surface area contributed by atoms with Crippen molar-refractivity contribution in [2.24, 2.45) is 0 Å². The van der Waals surface area contributed by atoms with Crippen LogP contribution in [0.4, 0.5) is 0 Å². The summed E-state index contributed by atoms with van der Waals surface area (Å²) in [5, 5.41) is 11.9. The standard InChI is InChI=1S/C8H11NO.BrH/c1-9-6-7-2-4-8(10)5-3-7;/h2-5,9-10H,6H2,1H3;1H. The number of hydrogen-bond acceptors (Lipinski definition) is 2. The molecule has 11 heavy (non-hydrogen) atoms. The number of halogens is 1. The maximum absolute atomic E-state index is 8.90. The van der Waals surface area contributed by atoms with Crippen molar-refractivity contribution >= 4 is 17.0 Å². The van der Waals surface area contributed by atoms with E-state index in [4.69, 9.17) is 5.11 Å². The second-order valence-corrected chi connectivity index (χ2v) is 2.20. The van der Waals surface area contributed by atoms with Gasteiger partial charge in [-0.25, -0.2) is 0 Å². The van der Waals surface area contributed by atoms with Gasteiger partial charge in [0, 0.05) is 6.54 Å². The van der Waals surface area contributed by atoms with Crippen molar-refractivity contribution in [1.82, 2.24) is 5.32 Å². The Labute approximate surface area is 77.0 Å². The van der Waals surface area contributed by atoms with E-state index in [0.29, 0.717) is 5.75 Å². The number of rotatable bonds is 2. The van der Waals surface area contributed by atoms with Crippen LogP contribution in [0.3, 0.4) is 0 Å². The van der Waals surface area contributed by atoms with Gasteiger partial charge in [0.15, 0.2) is 0 Å². The van der Waals surface area contributed by atoms with Crippen LogP contribution in [0.2, 0.25) is 0 Å². The molecule has 1 rings (SSSR count). The summed E-state index contributed by atoms with van der Waals surface area (Å²) in [7, 11) is 1.90. The molecule has 1 aromatic carbocycles. The summed E-state index contributed by atoms with van der Waals surface area (Å²) < 4.78 is 0. The van der Waals surface area contributed by atoms with Crippen molar-refractivity contribution in [1.29, 1.82) is 0 Å². The van der Waals surface area contributed by atoms with Crippen molar-refractivity contribution in [3.05, 3.63) is 29.8 Å². The van der Waals surface area contributed by atoms with Crippen molar-refractivity contribution < 1.29 is 5.11 Å².